The molecule has 7 heteroatoms. The van der Waals surface area contributed by atoms with Crippen molar-refractivity contribution in [1.82, 2.24) is 4.98 Å². The lowest BCUT2D eigenvalue weighted by molar-refractivity contribution is -0.123. The average molecular weight is 355 g/mol. The molecule has 2 amide bonds. The van der Waals surface area contributed by atoms with Crippen molar-refractivity contribution >= 4 is 23.3 Å². The largest absolute Gasteiger partial charge is 0.494 e. The summed E-state index contributed by atoms with van der Waals surface area (Å²) in [5.74, 6) is 1.01. The van der Waals surface area contributed by atoms with Crippen LogP contribution in [0.5, 0.6) is 11.5 Å². The summed E-state index contributed by atoms with van der Waals surface area (Å²) < 4.78 is 10.9. The van der Waals surface area contributed by atoms with Crippen LogP contribution < -0.4 is 19.7 Å². The Kier molecular flexibility index (Phi) is 5.68. The summed E-state index contributed by atoms with van der Waals surface area (Å²) in [6.45, 7) is 2.56. The van der Waals surface area contributed by atoms with E-state index in [4.69, 9.17) is 9.47 Å². The van der Waals surface area contributed by atoms with Crippen molar-refractivity contribution in [3.8, 4) is 11.5 Å². The summed E-state index contributed by atoms with van der Waals surface area (Å²) in [4.78, 5) is 29.9. The molecule has 1 aromatic carbocycles. The van der Waals surface area contributed by atoms with E-state index in [1.807, 2.05) is 12.1 Å². The summed E-state index contributed by atoms with van der Waals surface area (Å²) in [5, 5.41) is 2.78. The molecule has 1 N–H and O–H groups in total. The van der Waals surface area contributed by atoms with E-state index in [1.54, 1.807) is 30.5 Å². The molecule has 0 fully saturated rings. The van der Waals surface area contributed by atoms with Crippen LogP contribution >= 0.6 is 0 Å². The zero-order chi connectivity index (χ0) is 18.4. The van der Waals surface area contributed by atoms with Gasteiger partial charge in [-0.3, -0.25) is 14.5 Å². The number of ether oxygens (including phenoxy) is 2. The molecule has 0 saturated heterocycles. The molecule has 1 aliphatic heterocycles. The quantitative estimate of drug-likeness (QED) is 0.772. The normalized spacial score (nSPS) is 13.0. The first-order valence-corrected chi connectivity index (χ1v) is 8.58. The molecule has 0 spiro atoms. The predicted molar refractivity (Wildman–Crippen MR) is 97.6 cm³/mol. The molecule has 26 heavy (non-hydrogen) atoms. The maximum Gasteiger partial charge on any atom is 0.266 e. The number of amides is 2. The lowest BCUT2D eigenvalue weighted by Gasteiger charge is -2.27. The van der Waals surface area contributed by atoms with E-state index in [2.05, 4.69) is 17.2 Å². The molecule has 136 valence electrons. The first-order valence-electron chi connectivity index (χ1n) is 8.58. The van der Waals surface area contributed by atoms with E-state index in [1.165, 1.54) is 4.90 Å². The number of hydrogen-bond acceptors (Lipinski definition) is 5. The highest BCUT2D eigenvalue weighted by molar-refractivity contribution is 6.04. The van der Waals surface area contributed by atoms with Crippen LogP contribution in [0.25, 0.3) is 0 Å². The molecular weight excluding hydrogens is 334 g/mol. The van der Waals surface area contributed by atoms with Crippen molar-refractivity contribution < 1.29 is 19.1 Å². The van der Waals surface area contributed by atoms with Gasteiger partial charge in [-0.2, -0.15) is 0 Å². The average Bonchev–Trinajstić information content (AvgIpc) is 2.66. The van der Waals surface area contributed by atoms with E-state index < -0.39 is 0 Å². The second-order valence-electron chi connectivity index (χ2n) is 5.87. The van der Waals surface area contributed by atoms with Crippen LogP contribution in [-0.2, 0) is 9.59 Å². The van der Waals surface area contributed by atoms with Gasteiger partial charge in [0.25, 0.3) is 5.91 Å². The summed E-state index contributed by atoms with van der Waals surface area (Å²) in [6.07, 6.45) is 3.64. The van der Waals surface area contributed by atoms with E-state index >= 15 is 0 Å². The Bertz CT molecular complexity index is 777. The number of benzene rings is 1. The second kappa shape index (κ2) is 8.33. The number of pyridine rings is 1. The van der Waals surface area contributed by atoms with Crippen LogP contribution in [-0.4, -0.2) is 36.6 Å². The van der Waals surface area contributed by atoms with E-state index in [9.17, 15) is 9.59 Å². The summed E-state index contributed by atoms with van der Waals surface area (Å²) in [5.41, 5.74) is 0.639. The fourth-order valence-electron chi connectivity index (χ4n) is 2.51. The number of rotatable bonds is 7. The minimum atomic E-state index is -0.309. The maximum absolute atomic E-state index is 12.3. The first kappa shape index (κ1) is 17.7. The van der Waals surface area contributed by atoms with Gasteiger partial charge in [0.1, 0.15) is 12.3 Å². The number of nitrogens with zero attached hydrogens (tertiary/aromatic N) is 2. The molecule has 1 aliphatic rings. The predicted octanol–water partition coefficient (Wildman–Crippen LogP) is 2.62. The van der Waals surface area contributed by atoms with Crippen molar-refractivity contribution in [3.63, 3.8) is 0 Å². The van der Waals surface area contributed by atoms with Gasteiger partial charge in [0.2, 0.25) is 5.91 Å². The minimum Gasteiger partial charge on any atom is -0.494 e. The maximum atomic E-state index is 12.3. The van der Waals surface area contributed by atoms with Crippen LogP contribution in [0.4, 0.5) is 11.5 Å². The number of carbonyl (C=O) groups excluding carboxylic acids is 2. The van der Waals surface area contributed by atoms with Crippen molar-refractivity contribution in [2.75, 3.05) is 30.0 Å². The van der Waals surface area contributed by atoms with Gasteiger partial charge in [-0.25, -0.2) is 4.98 Å². The number of aromatic nitrogens is 1. The SMILES string of the molecule is CCCCOc1ccc(NC(=O)CN2C(=O)COc3cccnc32)cc1. The smallest absolute Gasteiger partial charge is 0.266 e. The van der Waals surface area contributed by atoms with Gasteiger partial charge in [0.15, 0.2) is 18.2 Å². The van der Waals surface area contributed by atoms with Crippen LogP contribution in [0.2, 0.25) is 0 Å². The van der Waals surface area contributed by atoms with Gasteiger partial charge in [-0.05, 0) is 42.8 Å². The number of fused-ring (bicyclic) bond motifs is 1. The van der Waals surface area contributed by atoms with E-state index in [0.717, 1.165) is 18.6 Å². The van der Waals surface area contributed by atoms with Crippen molar-refractivity contribution in [1.29, 1.82) is 0 Å². The van der Waals surface area contributed by atoms with Crippen LogP contribution in [0.1, 0.15) is 19.8 Å². The third-order valence-corrected chi connectivity index (χ3v) is 3.87. The van der Waals surface area contributed by atoms with Crippen molar-refractivity contribution in [2.24, 2.45) is 0 Å². The molecule has 2 aromatic rings. The zero-order valence-electron chi connectivity index (χ0n) is 14.6. The Balaban J connectivity index is 1.60. The van der Waals surface area contributed by atoms with Crippen molar-refractivity contribution in [3.05, 3.63) is 42.6 Å². The molecule has 0 aliphatic carbocycles. The molecule has 0 bridgehead atoms. The standard InChI is InChI=1S/C19H21N3O4/c1-2-3-11-25-15-8-6-14(7-9-15)21-17(23)12-22-18(24)13-26-16-5-4-10-20-19(16)22/h4-10H,2-3,11-13H2,1H3,(H,21,23). The fraction of sp³-hybridized carbons (Fsp3) is 0.316. The summed E-state index contributed by atoms with van der Waals surface area (Å²) in [7, 11) is 0. The van der Waals surface area contributed by atoms with Gasteiger partial charge in [0, 0.05) is 11.9 Å². The molecule has 7 nitrogen and oxygen atoms in total. The van der Waals surface area contributed by atoms with Gasteiger partial charge < -0.3 is 14.8 Å². The fourth-order valence-corrected chi connectivity index (χ4v) is 2.51. The number of anilines is 2. The highest BCUT2D eigenvalue weighted by Gasteiger charge is 2.28. The van der Waals surface area contributed by atoms with Crippen molar-refractivity contribution in [2.45, 2.75) is 19.8 Å². The molecule has 0 unspecified atom stereocenters. The van der Waals surface area contributed by atoms with Gasteiger partial charge in [0.05, 0.1) is 6.61 Å². The lowest BCUT2D eigenvalue weighted by atomic mass is 10.3. The highest BCUT2D eigenvalue weighted by Crippen LogP contribution is 2.28. The van der Waals surface area contributed by atoms with E-state index in [-0.39, 0.29) is 25.0 Å². The van der Waals surface area contributed by atoms with Gasteiger partial charge in [-0.1, -0.05) is 13.3 Å². The number of nitrogens with one attached hydrogen (secondary N) is 1. The topological polar surface area (TPSA) is 80.8 Å². The molecular formula is C19H21N3O4. The first-order chi connectivity index (χ1) is 12.7. The number of hydrogen-bond donors (Lipinski definition) is 1. The Morgan fingerprint density at radius 2 is 2.12 bits per heavy atom. The third-order valence-electron chi connectivity index (χ3n) is 3.87. The molecule has 3 rings (SSSR count). The van der Waals surface area contributed by atoms with Crippen LogP contribution in [0.3, 0.4) is 0 Å². The second-order valence-corrected chi connectivity index (χ2v) is 5.87. The zero-order valence-corrected chi connectivity index (χ0v) is 14.6. The Hall–Kier alpha value is -3.09. The summed E-state index contributed by atoms with van der Waals surface area (Å²) >= 11 is 0. The van der Waals surface area contributed by atoms with Gasteiger partial charge >= 0.3 is 0 Å². The third kappa shape index (κ3) is 4.30. The molecule has 2 heterocycles. The van der Waals surface area contributed by atoms with Crippen LogP contribution in [0, 0.1) is 0 Å². The highest BCUT2D eigenvalue weighted by atomic mass is 16.5. The summed E-state index contributed by atoms with van der Waals surface area (Å²) in [6, 6.07) is 10.6. The molecule has 0 radical (unpaired) electrons. The molecule has 1 aromatic heterocycles. The van der Waals surface area contributed by atoms with Gasteiger partial charge in [-0.15, -0.1) is 0 Å². The molecule has 0 saturated carbocycles. The minimum absolute atomic E-state index is 0.101. The molecule has 0 atom stereocenters. The number of carbonyl (C=O) groups is 2. The monoisotopic (exact) mass is 355 g/mol. The van der Waals surface area contributed by atoms with Crippen LogP contribution in [0.15, 0.2) is 42.6 Å². The van der Waals surface area contributed by atoms with E-state index in [0.29, 0.717) is 23.9 Å². The Morgan fingerprint density at radius 1 is 1.31 bits per heavy atom. The Labute approximate surface area is 151 Å². The number of unbranched alkanes of at least 4 members (excludes halogenated alkanes) is 1. The Morgan fingerprint density at radius 3 is 2.88 bits per heavy atom. The lowest BCUT2D eigenvalue weighted by Crippen LogP contribution is -2.43.